The molecule has 0 spiro atoms. The molecule has 1 fully saturated rings. The van der Waals surface area contributed by atoms with Crippen molar-refractivity contribution >= 4 is 0 Å². The van der Waals surface area contributed by atoms with Crippen molar-refractivity contribution in [3.05, 3.63) is 35.4 Å². The molecule has 2 atom stereocenters. The molecule has 18 heavy (non-hydrogen) atoms. The summed E-state index contributed by atoms with van der Waals surface area (Å²) < 4.78 is 0. The fourth-order valence-corrected chi connectivity index (χ4v) is 3.14. The average molecular weight is 245 g/mol. The van der Waals surface area contributed by atoms with E-state index in [0.29, 0.717) is 17.5 Å². The van der Waals surface area contributed by atoms with Gasteiger partial charge in [-0.2, -0.15) is 0 Å². The van der Waals surface area contributed by atoms with Crippen LogP contribution in [0.3, 0.4) is 0 Å². The minimum absolute atomic E-state index is 0.441. The normalized spacial score (nSPS) is 24.8. The van der Waals surface area contributed by atoms with Crippen molar-refractivity contribution in [2.75, 3.05) is 0 Å². The molecule has 0 aliphatic heterocycles. The van der Waals surface area contributed by atoms with Crippen molar-refractivity contribution in [1.29, 1.82) is 0 Å². The lowest BCUT2D eigenvalue weighted by atomic mass is 9.73. The molecular weight excluding hydrogens is 218 g/mol. The molecule has 100 valence electrons. The number of aryl methyl sites for hydroxylation is 1. The van der Waals surface area contributed by atoms with Crippen LogP contribution in [0.15, 0.2) is 24.3 Å². The zero-order valence-corrected chi connectivity index (χ0v) is 12.3. The summed E-state index contributed by atoms with van der Waals surface area (Å²) in [6.07, 6.45) is 5.44. The monoisotopic (exact) mass is 245 g/mol. The summed E-state index contributed by atoms with van der Waals surface area (Å²) in [6, 6.07) is 9.97. The quantitative estimate of drug-likeness (QED) is 0.819. The first-order valence-corrected chi connectivity index (χ1v) is 7.32. The van der Waals surface area contributed by atoms with Gasteiger partial charge in [0.2, 0.25) is 0 Å². The number of benzene rings is 1. The molecule has 0 aromatic heterocycles. The molecule has 1 aromatic carbocycles. The minimum atomic E-state index is 0.441. The maximum absolute atomic E-state index is 3.85. The Bertz CT molecular complexity index is 394. The number of rotatable bonds is 3. The molecular formula is C17H27N. The zero-order chi connectivity index (χ0) is 13.2. The summed E-state index contributed by atoms with van der Waals surface area (Å²) in [6.45, 7) is 9.28. The Morgan fingerprint density at radius 3 is 2.72 bits per heavy atom. The summed E-state index contributed by atoms with van der Waals surface area (Å²) in [4.78, 5) is 0. The van der Waals surface area contributed by atoms with Crippen LogP contribution >= 0.6 is 0 Å². The number of nitrogens with one attached hydrogen (secondary N) is 1. The smallest absolute Gasteiger partial charge is 0.0294 e. The van der Waals surface area contributed by atoms with Crippen molar-refractivity contribution in [2.45, 2.75) is 65.5 Å². The third kappa shape index (κ3) is 3.14. The van der Waals surface area contributed by atoms with Crippen LogP contribution in [0.5, 0.6) is 0 Å². The summed E-state index contributed by atoms with van der Waals surface area (Å²) >= 11 is 0. The number of hydrogen-bond acceptors (Lipinski definition) is 1. The standard InChI is InChI=1S/C17H27N/c1-13-8-7-9-15(12-13)14(2)18-16-10-5-6-11-17(16,3)4/h7-9,12,14,16,18H,5-6,10-11H2,1-4H3. The molecule has 0 saturated heterocycles. The van der Waals surface area contributed by atoms with Crippen LogP contribution < -0.4 is 5.32 Å². The highest BCUT2D eigenvalue weighted by atomic mass is 15.0. The summed E-state index contributed by atoms with van der Waals surface area (Å²) in [5.74, 6) is 0. The third-order valence-electron chi connectivity index (χ3n) is 4.50. The molecule has 1 aliphatic carbocycles. The molecule has 1 heteroatoms. The van der Waals surface area contributed by atoms with Crippen LogP contribution in [-0.2, 0) is 0 Å². The van der Waals surface area contributed by atoms with Crippen LogP contribution in [0.4, 0.5) is 0 Å². The highest BCUT2D eigenvalue weighted by molar-refractivity contribution is 5.24. The van der Waals surface area contributed by atoms with E-state index in [1.54, 1.807) is 0 Å². The Morgan fingerprint density at radius 1 is 1.28 bits per heavy atom. The highest BCUT2D eigenvalue weighted by Gasteiger charge is 2.32. The Kier molecular flexibility index (Phi) is 4.11. The molecule has 1 N–H and O–H groups in total. The molecule has 0 amide bonds. The van der Waals surface area contributed by atoms with Gasteiger partial charge in [0.25, 0.3) is 0 Å². The van der Waals surface area contributed by atoms with Gasteiger partial charge in [-0.15, -0.1) is 0 Å². The third-order valence-corrected chi connectivity index (χ3v) is 4.50. The van der Waals surface area contributed by atoms with E-state index < -0.39 is 0 Å². The molecule has 0 radical (unpaired) electrons. The molecule has 2 rings (SSSR count). The molecule has 1 aromatic rings. The molecule has 0 bridgehead atoms. The maximum atomic E-state index is 3.85. The van der Waals surface area contributed by atoms with Crippen LogP contribution in [-0.4, -0.2) is 6.04 Å². The summed E-state index contributed by atoms with van der Waals surface area (Å²) in [5, 5.41) is 3.85. The first kappa shape index (κ1) is 13.6. The maximum Gasteiger partial charge on any atom is 0.0294 e. The average Bonchev–Trinajstić information content (AvgIpc) is 2.31. The van der Waals surface area contributed by atoms with Gasteiger partial charge in [-0.3, -0.25) is 0 Å². The topological polar surface area (TPSA) is 12.0 Å². The SMILES string of the molecule is Cc1cccc(C(C)NC2CCCCC2(C)C)c1. The molecule has 0 heterocycles. The van der Waals surface area contributed by atoms with Gasteiger partial charge in [0.05, 0.1) is 0 Å². The summed E-state index contributed by atoms with van der Waals surface area (Å²) in [5.41, 5.74) is 3.21. The fourth-order valence-electron chi connectivity index (χ4n) is 3.14. The highest BCUT2D eigenvalue weighted by Crippen LogP contribution is 2.36. The van der Waals surface area contributed by atoms with E-state index in [1.807, 2.05) is 0 Å². The minimum Gasteiger partial charge on any atom is -0.307 e. The van der Waals surface area contributed by atoms with Gasteiger partial charge in [0, 0.05) is 12.1 Å². The van der Waals surface area contributed by atoms with E-state index in [-0.39, 0.29) is 0 Å². The Balaban J connectivity index is 2.04. The van der Waals surface area contributed by atoms with Gasteiger partial charge in [-0.1, -0.05) is 56.5 Å². The predicted octanol–water partition coefficient (Wildman–Crippen LogP) is 4.61. The molecule has 2 unspecified atom stereocenters. The van der Waals surface area contributed by atoms with Gasteiger partial charge < -0.3 is 5.32 Å². The van der Waals surface area contributed by atoms with E-state index in [2.05, 4.69) is 57.3 Å². The van der Waals surface area contributed by atoms with Crippen LogP contribution in [0.25, 0.3) is 0 Å². The van der Waals surface area contributed by atoms with Gasteiger partial charge in [0.1, 0.15) is 0 Å². The first-order valence-electron chi connectivity index (χ1n) is 7.32. The Morgan fingerprint density at radius 2 is 2.06 bits per heavy atom. The van der Waals surface area contributed by atoms with Crippen molar-refractivity contribution < 1.29 is 0 Å². The predicted molar refractivity (Wildman–Crippen MR) is 78.8 cm³/mol. The lowest BCUT2D eigenvalue weighted by Crippen LogP contribution is -2.45. The van der Waals surface area contributed by atoms with Crippen molar-refractivity contribution in [1.82, 2.24) is 5.32 Å². The number of hydrogen-bond donors (Lipinski definition) is 1. The van der Waals surface area contributed by atoms with Gasteiger partial charge in [-0.25, -0.2) is 0 Å². The Labute approximate surface area is 112 Å². The van der Waals surface area contributed by atoms with E-state index in [0.717, 1.165) is 0 Å². The molecule has 1 nitrogen and oxygen atoms in total. The van der Waals surface area contributed by atoms with Crippen molar-refractivity contribution in [3.8, 4) is 0 Å². The summed E-state index contributed by atoms with van der Waals surface area (Å²) in [7, 11) is 0. The first-order chi connectivity index (χ1) is 8.49. The van der Waals surface area contributed by atoms with Crippen molar-refractivity contribution in [2.24, 2.45) is 5.41 Å². The van der Waals surface area contributed by atoms with E-state index in [4.69, 9.17) is 0 Å². The van der Waals surface area contributed by atoms with Gasteiger partial charge in [-0.05, 0) is 37.7 Å². The van der Waals surface area contributed by atoms with E-state index in [1.165, 1.54) is 36.8 Å². The lowest BCUT2D eigenvalue weighted by molar-refractivity contribution is 0.157. The molecule has 1 aliphatic rings. The second kappa shape index (κ2) is 5.44. The van der Waals surface area contributed by atoms with E-state index >= 15 is 0 Å². The van der Waals surface area contributed by atoms with E-state index in [9.17, 15) is 0 Å². The lowest BCUT2D eigenvalue weighted by Gasteiger charge is -2.41. The second-order valence-corrected chi connectivity index (χ2v) is 6.59. The Hall–Kier alpha value is -0.820. The van der Waals surface area contributed by atoms with Gasteiger partial charge in [0.15, 0.2) is 0 Å². The van der Waals surface area contributed by atoms with Crippen LogP contribution in [0.2, 0.25) is 0 Å². The van der Waals surface area contributed by atoms with Gasteiger partial charge >= 0.3 is 0 Å². The van der Waals surface area contributed by atoms with Crippen LogP contribution in [0, 0.1) is 12.3 Å². The second-order valence-electron chi connectivity index (χ2n) is 6.59. The zero-order valence-electron chi connectivity index (χ0n) is 12.3. The largest absolute Gasteiger partial charge is 0.307 e. The molecule has 1 saturated carbocycles. The fraction of sp³-hybridized carbons (Fsp3) is 0.647. The van der Waals surface area contributed by atoms with Crippen molar-refractivity contribution in [3.63, 3.8) is 0 Å². The van der Waals surface area contributed by atoms with Crippen LogP contribution in [0.1, 0.15) is 63.6 Å².